The van der Waals surface area contributed by atoms with E-state index in [0.29, 0.717) is 16.7 Å². The first-order chi connectivity index (χ1) is 14.7. The standard InChI is InChI=1S/C25H12O3S2/c26-23-19-14-8-2-5-11-17(14)29-21(19)22-20(15-9-3-6-12-18(15)30-22)25(23)16-10-4-1-7-13(16)24(27)28-25/h1-12H. The average molecular weight is 425 g/mol. The van der Waals surface area contributed by atoms with Crippen molar-refractivity contribution >= 4 is 54.6 Å². The molecule has 0 N–H and O–H groups in total. The van der Waals surface area contributed by atoms with Crippen LogP contribution in [0.25, 0.3) is 29.9 Å². The van der Waals surface area contributed by atoms with Gasteiger partial charge < -0.3 is 4.74 Å². The molecule has 30 heavy (non-hydrogen) atoms. The fourth-order valence-electron chi connectivity index (χ4n) is 4.85. The Morgan fingerprint density at radius 3 is 2.17 bits per heavy atom. The lowest BCUT2D eigenvalue weighted by Crippen LogP contribution is -2.40. The molecule has 1 spiro atoms. The second-order valence-electron chi connectivity index (χ2n) is 7.55. The maximum atomic E-state index is 14.3. The molecule has 1 aliphatic heterocycles. The summed E-state index contributed by atoms with van der Waals surface area (Å²) in [5.74, 6) is -0.590. The largest absolute Gasteiger partial charge is 0.437 e. The first kappa shape index (κ1) is 16.5. The molecule has 2 aliphatic rings. The number of thiophene rings is 2. The molecule has 7 rings (SSSR count). The fourth-order valence-corrected chi connectivity index (χ4v) is 7.44. The van der Waals surface area contributed by atoms with E-state index in [1.807, 2.05) is 60.7 Å². The summed E-state index contributed by atoms with van der Waals surface area (Å²) in [4.78, 5) is 29.2. The Kier molecular flexibility index (Phi) is 3.00. The number of hydrogen-bond donors (Lipinski definition) is 0. The third-order valence-electron chi connectivity index (χ3n) is 6.07. The molecule has 0 saturated carbocycles. The number of carbonyl (C=O) groups excluding carboxylic acids is 2. The van der Waals surface area contributed by atoms with Crippen LogP contribution in [0.3, 0.4) is 0 Å². The summed E-state index contributed by atoms with van der Waals surface area (Å²) >= 11 is 3.30. The van der Waals surface area contributed by atoms with Gasteiger partial charge in [0.05, 0.1) is 15.3 Å². The maximum Gasteiger partial charge on any atom is 0.340 e. The number of hydrogen-bond acceptors (Lipinski definition) is 5. The highest BCUT2D eigenvalue weighted by molar-refractivity contribution is 7.29. The highest BCUT2D eigenvalue weighted by Gasteiger charge is 2.58. The molecule has 5 heteroatoms. The third-order valence-corrected chi connectivity index (χ3v) is 8.57. The Bertz CT molecular complexity index is 1570. The molecular weight excluding hydrogens is 412 g/mol. The minimum absolute atomic E-state index is 0.149. The van der Waals surface area contributed by atoms with Gasteiger partial charge in [0.25, 0.3) is 0 Å². The zero-order chi connectivity index (χ0) is 20.0. The second kappa shape index (κ2) is 5.45. The first-order valence-corrected chi connectivity index (χ1v) is 11.2. The van der Waals surface area contributed by atoms with Crippen LogP contribution in [0.15, 0.2) is 72.8 Å². The summed E-state index contributed by atoms with van der Waals surface area (Å²) in [6, 6.07) is 23.3. The summed E-state index contributed by atoms with van der Waals surface area (Å²) in [6.07, 6.45) is 0. The monoisotopic (exact) mass is 424 g/mol. The molecule has 0 saturated heterocycles. The second-order valence-corrected chi connectivity index (χ2v) is 9.65. The molecular formula is C25H12O3S2. The summed E-state index contributed by atoms with van der Waals surface area (Å²) in [5.41, 5.74) is 1.16. The van der Waals surface area contributed by atoms with Gasteiger partial charge in [-0.3, -0.25) is 4.79 Å². The van der Waals surface area contributed by atoms with Crippen LogP contribution in [0.1, 0.15) is 31.8 Å². The predicted molar refractivity (Wildman–Crippen MR) is 120 cm³/mol. The van der Waals surface area contributed by atoms with Gasteiger partial charge in [-0.25, -0.2) is 4.79 Å². The van der Waals surface area contributed by atoms with E-state index in [1.54, 1.807) is 28.7 Å². The topological polar surface area (TPSA) is 43.4 Å². The van der Waals surface area contributed by atoms with Crippen molar-refractivity contribution in [3.63, 3.8) is 0 Å². The van der Waals surface area contributed by atoms with Crippen LogP contribution < -0.4 is 0 Å². The van der Waals surface area contributed by atoms with Crippen LogP contribution in [0.2, 0.25) is 0 Å². The first-order valence-electron chi connectivity index (χ1n) is 9.62. The Balaban J connectivity index is 1.72. The zero-order valence-electron chi connectivity index (χ0n) is 15.5. The normalized spacial score (nSPS) is 19.2. The molecule has 0 amide bonds. The SMILES string of the molecule is O=C1OC2(C(=O)c3c(sc4ccccc34)-c3sc4ccccc4c32)c2ccccc21. The van der Waals surface area contributed by atoms with E-state index in [2.05, 4.69) is 6.07 Å². The highest BCUT2D eigenvalue weighted by Crippen LogP contribution is 2.59. The summed E-state index contributed by atoms with van der Waals surface area (Å²) < 4.78 is 8.21. The van der Waals surface area contributed by atoms with Crippen molar-refractivity contribution < 1.29 is 14.3 Å². The maximum absolute atomic E-state index is 14.3. The summed E-state index contributed by atoms with van der Waals surface area (Å²) in [5, 5.41) is 1.89. The van der Waals surface area contributed by atoms with Gasteiger partial charge in [0.1, 0.15) is 0 Å². The number of ether oxygens (including phenoxy) is 1. The number of rotatable bonds is 0. The van der Waals surface area contributed by atoms with Gasteiger partial charge >= 0.3 is 5.97 Å². The summed E-state index contributed by atoms with van der Waals surface area (Å²) in [7, 11) is 0. The quantitative estimate of drug-likeness (QED) is 0.270. The van der Waals surface area contributed by atoms with Crippen molar-refractivity contribution in [1.82, 2.24) is 0 Å². The zero-order valence-corrected chi connectivity index (χ0v) is 17.1. The molecule has 0 bridgehead atoms. The Morgan fingerprint density at radius 2 is 1.33 bits per heavy atom. The van der Waals surface area contributed by atoms with Crippen molar-refractivity contribution in [3.05, 3.63) is 95.1 Å². The minimum Gasteiger partial charge on any atom is -0.437 e. The molecule has 3 heterocycles. The molecule has 0 fully saturated rings. The van der Waals surface area contributed by atoms with E-state index in [4.69, 9.17) is 4.74 Å². The third kappa shape index (κ3) is 1.77. The number of ketones is 1. The van der Waals surface area contributed by atoms with Crippen molar-refractivity contribution in [1.29, 1.82) is 0 Å². The lowest BCUT2D eigenvalue weighted by Gasteiger charge is -2.32. The molecule has 1 atom stereocenters. The van der Waals surface area contributed by atoms with Crippen molar-refractivity contribution in [2.45, 2.75) is 5.60 Å². The van der Waals surface area contributed by atoms with E-state index >= 15 is 0 Å². The van der Waals surface area contributed by atoms with Gasteiger partial charge in [-0.2, -0.15) is 0 Å². The minimum atomic E-state index is -1.43. The van der Waals surface area contributed by atoms with E-state index in [9.17, 15) is 9.59 Å². The fraction of sp³-hybridized carbons (Fsp3) is 0.0400. The van der Waals surface area contributed by atoms with Gasteiger partial charge in [-0.1, -0.05) is 54.6 Å². The van der Waals surface area contributed by atoms with E-state index in [1.165, 1.54) is 0 Å². The van der Waals surface area contributed by atoms with Crippen LogP contribution in [0.4, 0.5) is 0 Å². The van der Waals surface area contributed by atoms with Gasteiger partial charge in [0, 0.05) is 36.9 Å². The highest BCUT2D eigenvalue weighted by atomic mass is 32.1. The number of esters is 1. The lowest BCUT2D eigenvalue weighted by atomic mass is 9.74. The molecule has 5 aromatic rings. The van der Waals surface area contributed by atoms with Gasteiger partial charge in [-0.05, 0) is 18.2 Å². The average Bonchev–Trinajstić information content (AvgIpc) is 3.43. The van der Waals surface area contributed by atoms with Gasteiger partial charge in [-0.15, -0.1) is 22.7 Å². The Hall–Kier alpha value is -3.28. The van der Waals surface area contributed by atoms with Crippen LogP contribution >= 0.6 is 22.7 Å². The Morgan fingerprint density at radius 1 is 0.700 bits per heavy atom. The number of carbonyl (C=O) groups is 2. The van der Waals surface area contributed by atoms with E-state index in [-0.39, 0.29) is 5.78 Å². The smallest absolute Gasteiger partial charge is 0.340 e. The van der Waals surface area contributed by atoms with Crippen molar-refractivity contribution in [2.75, 3.05) is 0 Å². The molecule has 3 aromatic carbocycles. The Labute approximate surface area is 179 Å². The van der Waals surface area contributed by atoms with Gasteiger partial charge in [0.15, 0.2) is 0 Å². The molecule has 1 unspecified atom stereocenters. The number of benzene rings is 3. The number of fused-ring (bicyclic) bond motifs is 10. The van der Waals surface area contributed by atoms with Crippen molar-refractivity contribution in [2.24, 2.45) is 0 Å². The van der Waals surface area contributed by atoms with Crippen LogP contribution in [-0.4, -0.2) is 11.8 Å². The molecule has 142 valence electrons. The molecule has 2 aromatic heterocycles. The predicted octanol–water partition coefficient (Wildman–Crippen LogP) is 6.39. The molecule has 1 aliphatic carbocycles. The lowest BCUT2D eigenvalue weighted by molar-refractivity contribution is 0.0133. The summed E-state index contributed by atoms with van der Waals surface area (Å²) in [6.45, 7) is 0. The van der Waals surface area contributed by atoms with Crippen LogP contribution in [0, 0.1) is 0 Å². The van der Waals surface area contributed by atoms with Crippen molar-refractivity contribution in [3.8, 4) is 9.75 Å². The number of Topliss-reactive ketones (excluding diaryl/α,β-unsaturated/α-hetero) is 1. The molecule has 3 nitrogen and oxygen atoms in total. The van der Waals surface area contributed by atoms with E-state index < -0.39 is 11.6 Å². The van der Waals surface area contributed by atoms with Crippen LogP contribution in [-0.2, 0) is 10.3 Å². The van der Waals surface area contributed by atoms with Crippen LogP contribution in [0.5, 0.6) is 0 Å². The molecule has 0 radical (unpaired) electrons. The van der Waals surface area contributed by atoms with E-state index in [0.717, 1.165) is 35.5 Å². The van der Waals surface area contributed by atoms with Gasteiger partial charge in [0.2, 0.25) is 11.4 Å².